The fourth-order valence-corrected chi connectivity index (χ4v) is 3.17. The minimum Gasteiger partial charge on any atom is -0.444 e. The normalized spacial score (nSPS) is 16.8. The lowest BCUT2D eigenvalue weighted by Gasteiger charge is -2.41. The third-order valence-corrected chi connectivity index (χ3v) is 4.62. The molecule has 0 bridgehead atoms. The maximum Gasteiger partial charge on any atom is 0.411 e. The van der Waals surface area contributed by atoms with Gasteiger partial charge in [-0.1, -0.05) is 30.3 Å². The molecule has 184 valence electrons. The number of carbonyl (C=O) groups is 3. The smallest absolute Gasteiger partial charge is 0.411 e. The molecular formula is C24H37N3O6. The minimum atomic E-state index is -0.893. The Kier molecular flexibility index (Phi) is 9.10. The molecule has 0 aromatic heterocycles. The van der Waals surface area contributed by atoms with Crippen LogP contribution in [-0.4, -0.2) is 77.9 Å². The maximum atomic E-state index is 13.0. The Morgan fingerprint density at radius 1 is 0.939 bits per heavy atom. The van der Waals surface area contributed by atoms with E-state index in [2.05, 4.69) is 5.32 Å². The first-order valence-electron chi connectivity index (χ1n) is 11.2. The SMILES string of the molecule is CC(C)(C)OC(=O)N1CCN(C(=O)OC(C)(C)C)[C@@H](C(=O)NCCOCc2ccccc2)C1. The minimum absolute atomic E-state index is 0.0187. The molecule has 3 amide bonds. The van der Waals surface area contributed by atoms with E-state index in [0.717, 1.165) is 5.56 Å². The fourth-order valence-electron chi connectivity index (χ4n) is 3.17. The van der Waals surface area contributed by atoms with Crippen molar-refractivity contribution in [2.24, 2.45) is 0 Å². The van der Waals surface area contributed by atoms with Crippen molar-refractivity contribution in [3.8, 4) is 0 Å². The predicted octanol–water partition coefficient (Wildman–Crippen LogP) is 3.18. The number of hydrogen-bond donors (Lipinski definition) is 1. The fraction of sp³-hybridized carbons (Fsp3) is 0.625. The molecular weight excluding hydrogens is 426 g/mol. The van der Waals surface area contributed by atoms with Crippen LogP contribution in [0.15, 0.2) is 30.3 Å². The van der Waals surface area contributed by atoms with E-state index in [9.17, 15) is 14.4 Å². The largest absolute Gasteiger partial charge is 0.444 e. The molecule has 1 aromatic rings. The van der Waals surface area contributed by atoms with Crippen LogP contribution in [0, 0.1) is 0 Å². The van der Waals surface area contributed by atoms with Crippen molar-refractivity contribution in [1.82, 2.24) is 15.1 Å². The molecule has 0 radical (unpaired) electrons. The summed E-state index contributed by atoms with van der Waals surface area (Å²) < 4.78 is 16.5. The third-order valence-electron chi connectivity index (χ3n) is 4.62. The summed E-state index contributed by atoms with van der Waals surface area (Å²) in [5, 5.41) is 2.80. The molecule has 0 aliphatic carbocycles. The standard InChI is InChI=1S/C24H37N3O6/c1-23(2,3)32-21(29)26-13-14-27(22(30)33-24(4,5)6)19(16-26)20(28)25-12-15-31-17-18-10-8-7-9-11-18/h7-11,19H,12-17H2,1-6H3,(H,25,28)/t19-/m1/s1. The Morgan fingerprint density at radius 3 is 2.15 bits per heavy atom. The zero-order valence-corrected chi connectivity index (χ0v) is 20.6. The molecule has 0 spiro atoms. The lowest BCUT2D eigenvalue weighted by Crippen LogP contribution is -2.62. The Morgan fingerprint density at radius 2 is 1.55 bits per heavy atom. The van der Waals surface area contributed by atoms with Crippen molar-refractivity contribution in [2.45, 2.75) is 65.4 Å². The summed E-state index contributed by atoms with van der Waals surface area (Å²) >= 11 is 0. The number of nitrogens with one attached hydrogen (secondary N) is 1. The second kappa shape index (κ2) is 11.4. The van der Waals surface area contributed by atoms with Gasteiger partial charge in [0.25, 0.3) is 0 Å². The second-order valence-electron chi connectivity index (χ2n) is 9.95. The first-order valence-corrected chi connectivity index (χ1v) is 11.2. The first-order chi connectivity index (χ1) is 15.4. The molecule has 1 aliphatic rings. The molecule has 0 unspecified atom stereocenters. The molecule has 1 heterocycles. The highest BCUT2D eigenvalue weighted by molar-refractivity contribution is 5.87. The number of ether oxygens (including phenoxy) is 3. The maximum absolute atomic E-state index is 13.0. The van der Waals surface area contributed by atoms with Crippen LogP contribution in [0.25, 0.3) is 0 Å². The monoisotopic (exact) mass is 463 g/mol. The van der Waals surface area contributed by atoms with Crippen molar-refractivity contribution in [1.29, 1.82) is 0 Å². The van der Waals surface area contributed by atoms with Gasteiger partial charge in [0.05, 0.1) is 19.8 Å². The molecule has 1 N–H and O–H groups in total. The predicted molar refractivity (Wildman–Crippen MR) is 124 cm³/mol. The van der Waals surface area contributed by atoms with Crippen LogP contribution < -0.4 is 5.32 Å². The molecule has 9 heteroatoms. The number of benzene rings is 1. The van der Waals surface area contributed by atoms with Gasteiger partial charge >= 0.3 is 12.2 Å². The van der Waals surface area contributed by atoms with Crippen molar-refractivity contribution >= 4 is 18.1 Å². The Balaban J connectivity index is 1.97. The van der Waals surface area contributed by atoms with Gasteiger partial charge in [-0.15, -0.1) is 0 Å². The third kappa shape index (κ3) is 9.29. The number of rotatable bonds is 6. The van der Waals surface area contributed by atoms with Gasteiger partial charge in [0, 0.05) is 19.6 Å². The number of carbonyl (C=O) groups excluding carboxylic acids is 3. The van der Waals surface area contributed by atoms with E-state index < -0.39 is 29.4 Å². The van der Waals surface area contributed by atoms with Crippen molar-refractivity contribution in [2.75, 3.05) is 32.8 Å². The highest BCUT2D eigenvalue weighted by atomic mass is 16.6. The van der Waals surface area contributed by atoms with E-state index in [1.807, 2.05) is 30.3 Å². The lowest BCUT2D eigenvalue weighted by atomic mass is 10.1. The Hall–Kier alpha value is -2.81. The Bertz CT molecular complexity index is 801. The van der Waals surface area contributed by atoms with Crippen molar-refractivity contribution in [3.63, 3.8) is 0 Å². The summed E-state index contributed by atoms with van der Waals surface area (Å²) in [5.74, 6) is -0.377. The first kappa shape index (κ1) is 26.4. The molecule has 0 saturated carbocycles. The van der Waals surface area contributed by atoms with Crippen LogP contribution in [-0.2, 0) is 25.6 Å². The summed E-state index contributed by atoms with van der Waals surface area (Å²) in [4.78, 5) is 41.1. The summed E-state index contributed by atoms with van der Waals surface area (Å²) in [5.41, 5.74) is -0.320. The molecule has 1 aromatic carbocycles. The summed E-state index contributed by atoms with van der Waals surface area (Å²) in [6.45, 7) is 12.1. The molecule has 2 rings (SSSR count). The second-order valence-corrected chi connectivity index (χ2v) is 9.95. The van der Waals surface area contributed by atoms with Crippen LogP contribution >= 0.6 is 0 Å². The molecule has 1 fully saturated rings. The summed E-state index contributed by atoms with van der Waals surface area (Å²) in [6, 6.07) is 8.84. The zero-order chi connectivity index (χ0) is 24.6. The van der Waals surface area contributed by atoms with Crippen LogP contribution in [0.5, 0.6) is 0 Å². The number of amides is 3. The zero-order valence-electron chi connectivity index (χ0n) is 20.6. The quantitative estimate of drug-likeness (QED) is 0.651. The summed E-state index contributed by atoms with van der Waals surface area (Å²) in [7, 11) is 0. The van der Waals surface area contributed by atoms with E-state index in [-0.39, 0.29) is 32.1 Å². The molecule has 1 saturated heterocycles. The number of hydrogen-bond acceptors (Lipinski definition) is 6. The van der Waals surface area contributed by atoms with E-state index in [4.69, 9.17) is 14.2 Å². The van der Waals surface area contributed by atoms with Gasteiger partial charge in [0.2, 0.25) is 5.91 Å². The average Bonchev–Trinajstić information content (AvgIpc) is 2.71. The van der Waals surface area contributed by atoms with Crippen molar-refractivity contribution in [3.05, 3.63) is 35.9 Å². The van der Waals surface area contributed by atoms with Crippen LogP contribution in [0.1, 0.15) is 47.1 Å². The highest BCUT2D eigenvalue weighted by Crippen LogP contribution is 2.18. The lowest BCUT2D eigenvalue weighted by molar-refractivity contribution is -0.128. The van der Waals surface area contributed by atoms with Crippen LogP contribution in [0.4, 0.5) is 9.59 Å². The molecule has 1 atom stereocenters. The van der Waals surface area contributed by atoms with Crippen molar-refractivity contribution < 1.29 is 28.6 Å². The van der Waals surface area contributed by atoms with E-state index in [1.54, 1.807) is 41.5 Å². The molecule has 33 heavy (non-hydrogen) atoms. The van der Waals surface area contributed by atoms with Gasteiger partial charge in [-0.25, -0.2) is 9.59 Å². The van der Waals surface area contributed by atoms with E-state index >= 15 is 0 Å². The number of piperazine rings is 1. The van der Waals surface area contributed by atoms with Gasteiger partial charge in [-0.2, -0.15) is 0 Å². The molecule has 1 aliphatic heterocycles. The van der Waals surface area contributed by atoms with E-state index in [1.165, 1.54) is 9.80 Å². The van der Waals surface area contributed by atoms with Gasteiger partial charge in [-0.05, 0) is 47.1 Å². The van der Waals surface area contributed by atoms with E-state index in [0.29, 0.717) is 13.2 Å². The average molecular weight is 464 g/mol. The van der Waals surface area contributed by atoms with Gasteiger partial charge in [0.1, 0.15) is 17.2 Å². The Labute approximate surface area is 196 Å². The van der Waals surface area contributed by atoms with Crippen LogP contribution in [0.3, 0.4) is 0 Å². The van der Waals surface area contributed by atoms with Gasteiger partial charge in [0.15, 0.2) is 0 Å². The van der Waals surface area contributed by atoms with Gasteiger partial charge < -0.3 is 24.4 Å². The van der Waals surface area contributed by atoms with Gasteiger partial charge in [-0.3, -0.25) is 9.69 Å². The summed E-state index contributed by atoms with van der Waals surface area (Å²) in [6.07, 6.45) is -1.11. The highest BCUT2D eigenvalue weighted by Gasteiger charge is 2.39. The molecule has 9 nitrogen and oxygen atoms in total. The van der Waals surface area contributed by atoms with Crippen LogP contribution in [0.2, 0.25) is 0 Å². The number of nitrogens with zero attached hydrogens (tertiary/aromatic N) is 2. The topological polar surface area (TPSA) is 97.4 Å².